The molecule has 3 unspecified atom stereocenters. The van der Waals surface area contributed by atoms with Gasteiger partial charge in [0.25, 0.3) is 0 Å². The summed E-state index contributed by atoms with van der Waals surface area (Å²) in [4.78, 5) is 12.2. The molecule has 0 amide bonds. The molecule has 1 fully saturated rings. The van der Waals surface area contributed by atoms with Crippen LogP contribution >= 0.6 is 0 Å². The van der Waals surface area contributed by atoms with E-state index >= 15 is 0 Å². The molecule has 1 saturated carbocycles. The van der Waals surface area contributed by atoms with Crippen LogP contribution in [0.4, 0.5) is 5.69 Å². The van der Waals surface area contributed by atoms with Crippen LogP contribution < -0.4 is 5.73 Å². The fourth-order valence-corrected chi connectivity index (χ4v) is 2.67. The summed E-state index contributed by atoms with van der Waals surface area (Å²) in [7, 11) is 0. The van der Waals surface area contributed by atoms with Crippen LogP contribution in [0, 0.1) is 18.8 Å². The van der Waals surface area contributed by atoms with Crippen LogP contribution in [0.25, 0.3) is 0 Å². The third kappa shape index (κ3) is 3.28. The molecule has 0 spiro atoms. The molecule has 1 aliphatic rings. The van der Waals surface area contributed by atoms with Crippen LogP contribution in [0.1, 0.15) is 49.0 Å². The van der Waals surface area contributed by atoms with Crippen LogP contribution in [0.3, 0.4) is 0 Å². The van der Waals surface area contributed by atoms with Gasteiger partial charge in [0.15, 0.2) is 0 Å². The average Bonchev–Trinajstić information content (AvgIpc) is 2.36. The van der Waals surface area contributed by atoms with Crippen molar-refractivity contribution in [3.8, 4) is 0 Å². The topological polar surface area (TPSA) is 52.3 Å². The van der Waals surface area contributed by atoms with E-state index in [1.165, 1.54) is 0 Å². The van der Waals surface area contributed by atoms with E-state index in [1.54, 1.807) is 12.1 Å². The van der Waals surface area contributed by atoms with E-state index in [4.69, 9.17) is 10.5 Å². The molecule has 3 atom stereocenters. The SMILES string of the molecule is Cc1ccc(N)c(C(=O)OC2CCC(C)C(C)C2)c1. The van der Waals surface area contributed by atoms with Crippen LogP contribution in [-0.2, 0) is 4.74 Å². The average molecular weight is 261 g/mol. The van der Waals surface area contributed by atoms with Crippen molar-refractivity contribution >= 4 is 11.7 Å². The first kappa shape index (κ1) is 13.9. The summed E-state index contributed by atoms with van der Waals surface area (Å²) >= 11 is 0. The third-order valence-corrected chi connectivity index (χ3v) is 4.25. The summed E-state index contributed by atoms with van der Waals surface area (Å²) in [6, 6.07) is 5.46. The Morgan fingerprint density at radius 1 is 1.26 bits per heavy atom. The number of nitrogens with two attached hydrogens (primary N) is 1. The molecule has 0 bridgehead atoms. The van der Waals surface area contributed by atoms with Crippen LogP contribution in [0.15, 0.2) is 18.2 Å². The zero-order valence-corrected chi connectivity index (χ0v) is 12.0. The van der Waals surface area contributed by atoms with Gasteiger partial charge in [-0.25, -0.2) is 4.79 Å². The van der Waals surface area contributed by atoms with Gasteiger partial charge in [-0.1, -0.05) is 25.5 Å². The quantitative estimate of drug-likeness (QED) is 0.654. The summed E-state index contributed by atoms with van der Waals surface area (Å²) in [5, 5.41) is 0. The summed E-state index contributed by atoms with van der Waals surface area (Å²) in [5.41, 5.74) is 7.85. The maximum absolute atomic E-state index is 12.2. The number of hydrogen-bond acceptors (Lipinski definition) is 3. The molecular formula is C16H23NO2. The van der Waals surface area contributed by atoms with Gasteiger partial charge in [-0.2, -0.15) is 0 Å². The Hall–Kier alpha value is -1.51. The third-order valence-electron chi connectivity index (χ3n) is 4.25. The van der Waals surface area contributed by atoms with Crippen molar-refractivity contribution in [3.63, 3.8) is 0 Å². The first-order valence-electron chi connectivity index (χ1n) is 7.04. The van der Waals surface area contributed by atoms with Crippen molar-refractivity contribution in [2.75, 3.05) is 5.73 Å². The number of benzene rings is 1. The van der Waals surface area contributed by atoms with E-state index in [1.807, 2.05) is 13.0 Å². The first-order chi connectivity index (χ1) is 8.97. The van der Waals surface area contributed by atoms with Crippen molar-refractivity contribution < 1.29 is 9.53 Å². The normalized spacial score (nSPS) is 27.0. The summed E-state index contributed by atoms with van der Waals surface area (Å²) < 4.78 is 5.61. The Morgan fingerprint density at radius 3 is 2.68 bits per heavy atom. The van der Waals surface area contributed by atoms with Crippen LogP contribution in [0.5, 0.6) is 0 Å². The molecule has 3 nitrogen and oxygen atoms in total. The number of carbonyl (C=O) groups excluding carboxylic acids is 1. The van der Waals surface area contributed by atoms with E-state index in [9.17, 15) is 4.79 Å². The Bertz CT molecular complexity index is 470. The summed E-state index contributed by atoms with van der Waals surface area (Å²) in [6.45, 7) is 6.44. The van der Waals surface area contributed by atoms with E-state index in [2.05, 4.69) is 13.8 Å². The molecule has 1 aliphatic carbocycles. The number of anilines is 1. The fraction of sp³-hybridized carbons (Fsp3) is 0.562. The van der Waals surface area contributed by atoms with Gasteiger partial charge in [-0.05, 0) is 50.2 Å². The Kier molecular flexibility index (Phi) is 4.13. The van der Waals surface area contributed by atoms with E-state index in [0.717, 1.165) is 30.7 Å². The lowest BCUT2D eigenvalue weighted by atomic mass is 9.80. The van der Waals surface area contributed by atoms with Crippen LogP contribution in [0.2, 0.25) is 0 Å². The highest BCUT2D eigenvalue weighted by molar-refractivity contribution is 5.95. The predicted octanol–water partition coefficient (Wildman–Crippen LogP) is 3.56. The fourth-order valence-electron chi connectivity index (χ4n) is 2.67. The number of ether oxygens (including phenoxy) is 1. The van der Waals surface area contributed by atoms with Gasteiger partial charge in [-0.3, -0.25) is 0 Å². The maximum Gasteiger partial charge on any atom is 0.340 e. The Morgan fingerprint density at radius 2 is 2.00 bits per heavy atom. The number of hydrogen-bond donors (Lipinski definition) is 1. The van der Waals surface area contributed by atoms with Gasteiger partial charge in [0.1, 0.15) is 6.10 Å². The number of nitrogen functional groups attached to an aromatic ring is 1. The summed E-state index contributed by atoms with van der Waals surface area (Å²) in [5.74, 6) is 1.05. The molecule has 2 rings (SSSR count). The van der Waals surface area contributed by atoms with Crippen molar-refractivity contribution in [3.05, 3.63) is 29.3 Å². The van der Waals surface area contributed by atoms with Gasteiger partial charge in [0.2, 0.25) is 0 Å². The number of aryl methyl sites for hydroxylation is 1. The zero-order chi connectivity index (χ0) is 14.0. The lowest BCUT2D eigenvalue weighted by Gasteiger charge is -2.31. The van der Waals surface area contributed by atoms with Crippen molar-refractivity contribution in [2.45, 2.75) is 46.1 Å². The molecular weight excluding hydrogens is 238 g/mol. The molecule has 0 heterocycles. The monoisotopic (exact) mass is 261 g/mol. The molecule has 0 aromatic heterocycles. The second kappa shape index (κ2) is 5.64. The van der Waals surface area contributed by atoms with E-state index in [-0.39, 0.29) is 12.1 Å². The van der Waals surface area contributed by atoms with Crippen LogP contribution in [-0.4, -0.2) is 12.1 Å². The number of esters is 1. The highest BCUT2D eigenvalue weighted by Gasteiger charge is 2.27. The molecule has 19 heavy (non-hydrogen) atoms. The van der Waals surface area contributed by atoms with Crippen molar-refractivity contribution in [2.24, 2.45) is 11.8 Å². The van der Waals surface area contributed by atoms with Gasteiger partial charge in [-0.15, -0.1) is 0 Å². The van der Waals surface area contributed by atoms with Gasteiger partial charge < -0.3 is 10.5 Å². The van der Waals surface area contributed by atoms with Gasteiger partial charge >= 0.3 is 5.97 Å². The lowest BCUT2D eigenvalue weighted by molar-refractivity contribution is 0.00889. The molecule has 0 saturated heterocycles. The van der Waals surface area contributed by atoms with E-state index < -0.39 is 0 Å². The second-order valence-corrected chi connectivity index (χ2v) is 5.89. The molecule has 3 heteroatoms. The largest absolute Gasteiger partial charge is 0.459 e. The molecule has 1 aromatic rings. The minimum atomic E-state index is -0.284. The Balaban J connectivity index is 2.03. The van der Waals surface area contributed by atoms with Gasteiger partial charge in [0.05, 0.1) is 5.56 Å². The molecule has 0 aliphatic heterocycles. The number of carbonyl (C=O) groups is 1. The minimum absolute atomic E-state index is 0.0404. The first-order valence-corrected chi connectivity index (χ1v) is 7.04. The smallest absolute Gasteiger partial charge is 0.340 e. The lowest BCUT2D eigenvalue weighted by Crippen LogP contribution is -2.29. The second-order valence-electron chi connectivity index (χ2n) is 5.89. The highest BCUT2D eigenvalue weighted by Crippen LogP contribution is 2.31. The van der Waals surface area contributed by atoms with Crippen molar-refractivity contribution in [1.82, 2.24) is 0 Å². The number of rotatable bonds is 2. The Labute approximate surface area is 115 Å². The van der Waals surface area contributed by atoms with E-state index in [0.29, 0.717) is 17.2 Å². The molecule has 2 N–H and O–H groups in total. The van der Waals surface area contributed by atoms with Crippen molar-refractivity contribution in [1.29, 1.82) is 0 Å². The predicted molar refractivity (Wildman–Crippen MR) is 77.0 cm³/mol. The minimum Gasteiger partial charge on any atom is -0.459 e. The molecule has 0 radical (unpaired) electrons. The molecule has 1 aromatic carbocycles. The highest BCUT2D eigenvalue weighted by atomic mass is 16.5. The maximum atomic E-state index is 12.2. The standard InChI is InChI=1S/C16H23NO2/c1-10-4-7-15(17)14(8-10)16(18)19-13-6-5-11(2)12(3)9-13/h4,7-8,11-13H,5-6,9,17H2,1-3H3. The summed E-state index contributed by atoms with van der Waals surface area (Å²) in [6.07, 6.45) is 3.09. The molecule has 104 valence electrons. The van der Waals surface area contributed by atoms with Gasteiger partial charge in [0, 0.05) is 5.69 Å². The zero-order valence-electron chi connectivity index (χ0n) is 12.0.